The zero-order chi connectivity index (χ0) is 12.4. The van der Waals surface area contributed by atoms with E-state index in [9.17, 15) is 0 Å². The highest BCUT2D eigenvalue weighted by molar-refractivity contribution is 5.89. The number of fused-ring (bicyclic) bond motifs is 1. The Morgan fingerprint density at radius 2 is 1.94 bits per heavy atom. The number of nitrogens with zero attached hydrogens (tertiary/aromatic N) is 1. The SMILES string of the molecule is NCc1ccc(Nc2nccc3occc23)cc1. The molecule has 90 valence electrons. The maximum absolute atomic E-state index is 5.57. The van der Waals surface area contributed by atoms with Gasteiger partial charge in [0.05, 0.1) is 11.6 Å². The first-order chi connectivity index (χ1) is 8.86. The first-order valence-corrected chi connectivity index (χ1v) is 5.75. The molecule has 1 aromatic carbocycles. The molecular formula is C14H13N3O. The van der Waals surface area contributed by atoms with E-state index in [-0.39, 0.29) is 0 Å². The first kappa shape index (κ1) is 10.8. The third-order valence-corrected chi connectivity index (χ3v) is 2.83. The molecule has 4 nitrogen and oxygen atoms in total. The maximum atomic E-state index is 5.57. The molecule has 2 aromatic heterocycles. The molecule has 0 bridgehead atoms. The number of furan rings is 1. The van der Waals surface area contributed by atoms with Crippen LogP contribution >= 0.6 is 0 Å². The summed E-state index contributed by atoms with van der Waals surface area (Å²) in [4.78, 5) is 4.32. The van der Waals surface area contributed by atoms with Gasteiger partial charge in [0.1, 0.15) is 11.4 Å². The summed E-state index contributed by atoms with van der Waals surface area (Å²) in [6, 6.07) is 11.7. The van der Waals surface area contributed by atoms with Gasteiger partial charge >= 0.3 is 0 Å². The fourth-order valence-corrected chi connectivity index (χ4v) is 1.86. The fraction of sp³-hybridized carbons (Fsp3) is 0.0714. The van der Waals surface area contributed by atoms with Crippen LogP contribution in [0.15, 0.2) is 53.3 Å². The van der Waals surface area contributed by atoms with Crippen LogP contribution in [0, 0.1) is 0 Å². The predicted molar refractivity (Wildman–Crippen MR) is 71.6 cm³/mol. The normalized spacial score (nSPS) is 10.7. The number of hydrogen-bond donors (Lipinski definition) is 2. The number of rotatable bonds is 3. The lowest BCUT2D eigenvalue weighted by Crippen LogP contribution is -1.97. The van der Waals surface area contributed by atoms with E-state index in [2.05, 4.69) is 10.3 Å². The molecule has 2 heterocycles. The van der Waals surface area contributed by atoms with Crippen molar-refractivity contribution >= 4 is 22.5 Å². The Labute approximate surface area is 104 Å². The lowest BCUT2D eigenvalue weighted by molar-refractivity contribution is 0.615. The van der Waals surface area contributed by atoms with E-state index < -0.39 is 0 Å². The average molecular weight is 239 g/mol. The summed E-state index contributed by atoms with van der Waals surface area (Å²) in [5, 5.41) is 4.24. The molecule has 0 aliphatic rings. The van der Waals surface area contributed by atoms with Crippen LogP contribution in [0.4, 0.5) is 11.5 Å². The molecule has 0 atom stereocenters. The van der Waals surface area contributed by atoms with Crippen LogP contribution in [-0.4, -0.2) is 4.98 Å². The second-order valence-corrected chi connectivity index (χ2v) is 4.02. The molecule has 4 heteroatoms. The van der Waals surface area contributed by atoms with Gasteiger partial charge in [-0.25, -0.2) is 4.98 Å². The van der Waals surface area contributed by atoms with Crippen molar-refractivity contribution in [2.45, 2.75) is 6.54 Å². The van der Waals surface area contributed by atoms with E-state index in [1.54, 1.807) is 12.5 Å². The zero-order valence-electron chi connectivity index (χ0n) is 9.76. The van der Waals surface area contributed by atoms with E-state index in [0.717, 1.165) is 28.0 Å². The van der Waals surface area contributed by atoms with Crippen molar-refractivity contribution in [3.05, 3.63) is 54.4 Å². The van der Waals surface area contributed by atoms with Gasteiger partial charge in [-0.3, -0.25) is 0 Å². The number of aromatic nitrogens is 1. The number of hydrogen-bond acceptors (Lipinski definition) is 4. The molecule has 0 aliphatic heterocycles. The Morgan fingerprint density at radius 3 is 2.72 bits per heavy atom. The Bertz CT molecular complexity index is 658. The largest absolute Gasteiger partial charge is 0.464 e. The Morgan fingerprint density at radius 1 is 1.11 bits per heavy atom. The maximum Gasteiger partial charge on any atom is 0.141 e. The van der Waals surface area contributed by atoms with E-state index >= 15 is 0 Å². The molecule has 0 saturated carbocycles. The van der Waals surface area contributed by atoms with Crippen molar-refractivity contribution in [2.75, 3.05) is 5.32 Å². The molecule has 0 radical (unpaired) electrons. The zero-order valence-corrected chi connectivity index (χ0v) is 9.76. The topological polar surface area (TPSA) is 64.1 Å². The summed E-state index contributed by atoms with van der Waals surface area (Å²) in [7, 11) is 0. The van der Waals surface area contributed by atoms with E-state index in [4.69, 9.17) is 10.2 Å². The van der Waals surface area contributed by atoms with Crippen LogP contribution in [0.1, 0.15) is 5.56 Å². The number of pyridine rings is 1. The first-order valence-electron chi connectivity index (χ1n) is 5.75. The Balaban J connectivity index is 1.93. The van der Waals surface area contributed by atoms with Crippen molar-refractivity contribution in [3.63, 3.8) is 0 Å². The molecule has 3 aromatic rings. The molecule has 0 aliphatic carbocycles. The predicted octanol–water partition coefficient (Wildman–Crippen LogP) is 3.03. The second-order valence-electron chi connectivity index (χ2n) is 4.02. The van der Waals surface area contributed by atoms with Crippen molar-refractivity contribution in [1.29, 1.82) is 0 Å². The molecule has 0 amide bonds. The van der Waals surface area contributed by atoms with Gasteiger partial charge in [0.15, 0.2) is 0 Å². The molecule has 3 N–H and O–H groups in total. The van der Waals surface area contributed by atoms with Gasteiger partial charge in [0.2, 0.25) is 0 Å². The highest BCUT2D eigenvalue weighted by atomic mass is 16.3. The Kier molecular flexibility index (Phi) is 2.70. The molecular weight excluding hydrogens is 226 g/mol. The fourth-order valence-electron chi connectivity index (χ4n) is 1.86. The quantitative estimate of drug-likeness (QED) is 0.737. The van der Waals surface area contributed by atoms with E-state index in [1.165, 1.54) is 0 Å². The molecule has 0 saturated heterocycles. The third kappa shape index (κ3) is 1.94. The summed E-state index contributed by atoms with van der Waals surface area (Å²) < 4.78 is 5.34. The van der Waals surface area contributed by atoms with Gasteiger partial charge in [-0.05, 0) is 29.8 Å². The van der Waals surface area contributed by atoms with Gasteiger partial charge in [0, 0.05) is 18.4 Å². The number of benzene rings is 1. The van der Waals surface area contributed by atoms with Gasteiger partial charge < -0.3 is 15.5 Å². The monoisotopic (exact) mass is 239 g/mol. The third-order valence-electron chi connectivity index (χ3n) is 2.83. The van der Waals surface area contributed by atoms with Crippen molar-refractivity contribution in [2.24, 2.45) is 5.73 Å². The number of anilines is 2. The lowest BCUT2D eigenvalue weighted by Gasteiger charge is -2.06. The van der Waals surface area contributed by atoms with Crippen molar-refractivity contribution < 1.29 is 4.42 Å². The van der Waals surface area contributed by atoms with Crippen LogP contribution < -0.4 is 11.1 Å². The van der Waals surface area contributed by atoms with Crippen LogP contribution in [0.2, 0.25) is 0 Å². The second kappa shape index (κ2) is 4.50. The number of nitrogens with one attached hydrogen (secondary N) is 1. The minimum Gasteiger partial charge on any atom is -0.464 e. The average Bonchev–Trinajstić information content (AvgIpc) is 2.89. The standard InChI is InChI=1S/C14H13N3O/c15-9-10-1-3-11(4-2-10)17-14-12-6-8-18-13(12)5-7-16-14/h1-8H,9,15H2,(H,16,17). The summed E-state index contributed by atoms with van der Waals surface area (Å²) in [6.45, 7) is 0.551. The van der Waals surface area contributed by atoms with Crippen molar-refractivity contribution in [3.8, 4) is 0 Å². The molecule has 0 spiro atoms. The van der Waals surface area contributed by atoms with Crippen LogP contribution in [0.25, 0.3) is 11.0 Å². The van der Waals surface area contributed by atoms with E-state index in [1.807, 2.05) is 36.4 Å². The summed E-state index contributed by atoms with van der Waals surface area (Å²) >= 11 is 0. The number of nitrogens with two attached hydrogens (primary N) is 1. The lowest BCUT2D eigenvalue weighted by atomic mass is 10.2. The molecule has 3 rings (SSSR count). The smallest absolute Gasteiger partial charge is 0.141 e. The highest BCUT2D eigenvalue weighted by Gasteiger charge is 2.04. The molecule has 18 heavy (non-hydrogen) atoms. The summed E-state index contributed by atoms with van der Waals surface area (Å²) in [6.07, 6.45) is 3.39. The van der Waals surface area contributed by atoms with Gasteiger partial charge in [-0.1, -0.05) is 12.1 Å². The summed E-state index contributed by atoms with van der Waals surface area (Å²) in [5.74, 6) is 0.793. The van der Waals surface area contributed by atoms with Crippen LogP contribution in [0.3, 0.4) is 0 Å². The minimum absolute atomic E-state index is 0.551. The van der Waals surface area contributed by atoms with Crippen LogP contribution in [-0.2, 0) is 6.54 Å². The molecule has 0 unspecified atom stereocenters. The Hall–Kier alpha value is -2.33. The van der Waals surface area contributed by atoms with Gasteiger partial charge in [0.25, 0.3) is 0 Å². The van der Waals surface area contributed by atoms with E-state index in [0.29, 0.717) is 6.54 Å². The summed E-state index contributed by atoms with van der Waals surface area (Å²) in [5.41, 5.74) is 8.48. The molecule has 0 fully saturated rings. The minimum atomic E-state index is 0.551. The van der Waals surface area contributed by atoms with Gasteiger partial charge in [-0.15, -0.1) is 0 Å². The highest BCUT2D eigenvalue weighted by Crippen LogP contribution is 2.24. The van der Waals surface area contributed by atoms with Crippen molar-refractivity contribution in [1.82, 2.24) is 4.98 Å². The van der Waals surface area contributed by atoms with Gasteiger partial charge in [-0.2, -0.15) is 0 Å². The van der Waals surface area contributed by atoms with Crippen LogP contribution in [0.5, 0.6) is 0 Å².